The molecule has 136 valence electrons. The molecule has 2 bridgehead atoms. The van der Waals surface area contributed by atoms with Crippen LogP contribution in [0, 0.1) is 23.7 Å². The fourth-order valence-corrected chi connectivity index (χ4v) is 5.26. The molecule has 2 N–H and O–H groups in total. The number of hydrogen-bond donors (Lipinski definition) is 1. The van der Waals surface area contributed by atoms with E-state index in [-0.39, 0.29) is 5.92 Å². The standard InChI is InChI=1S/C22H32N2O/c1-15(17-10-11-17)24(14-16-6-3-2-4-7-16)22(25)20-12-18-8-5-9-19(13-20)21(18)23/h2-4,6-7,15,17-21H,5,8-14,23H2,1H3. The second kappa shape index (κ2) is 7.11. The molecule has 3 nitrogen and oxygen atoms in total. The van der Waals surface area contributed by atoms with Crippen LogP contribution in [0.5, 0.6) is 0 Å². The first-order valence-corrected chi connectivity index (χ1v) is 10.2. The first kappa shape index (κ1) is 17.1. The van der Waals surface area contributed by atoms with Gasteiger partial charge in [0.1, 0.15) is 0 Å². The number of nitrogens with two attached hydrogens (primary N) is 1. The minimum atomic E-state index is 0.194. The van der Waals surface area contributed by atoms with Crippen molar-refractivity contribution in [3.63, 3.8) is 0 Å². The molecule has 1 amide bonds. The minimum absolute atomic E-state index is 0.194. The molecule has 25 heavy (non-hydrogen) atoms. The number of carbonyl (C=O) groups is 1. The van der Waals surface area contributed by atoms with Crippen LogP contribution in [0.25, 0.3) is 0 Å². The van der Waals surface area contributed by atoms with Gasteiger partial charge in [-0.25, -0.2) is 0 Å². The van der Waals surface area contributed by atoms with Crippen LogP contribution in [0.1, 0.15) is 57.4 Å². The molecule has 3 unspecified atom stereocenters. The average Bonchev–Trinajstić information content (AvgIpc) is 3.44. The van der Waals surface area contributed by atoms with Crippen LogP contribution in [0.15, 0.2) is 30.3 Å². The van der Waals surface area contributed by atoms with Gasteiger partial charge in [-0.3, -0.25) is 4.79 Å². The summed E-state index contributed by atoms with van der Waals surface area (Å²) in [6, 6.07) is 11.2. The van der Waals surface area contributed by atoms with E-state index in [4.69, 9.17) is 5.73 Å². The Bertz CT molecular complexity index is 583. The first-order chi connectivity index (χ1) is 12.1. The van der Waals surface area contributed by atoms with Gasteiger partial charge in [0.25, 0.3) is 0 Å². The van der Waals surface area contributed by atoms with Crippen LogP contribution in [-0.2, 0) is 11.3 Å². The summed E-state index contributed by atoms with van der Waals surface area (Å²) in [7, 11) is 0. The molecule has 0 heterocycles. The third-order valence-corrected chi connectivity index (χ3v) is 7.04. The van der Waals surface area contributed by atoms with E-state index in [0.717, 1.165) is 19.4 Å². The Kier molecular flexibility index (Phi) is 4.86. The number of fused-ring (bicyclic) bond motifs is 2. The van der Waals surface area contributed by atoms with E-state index in [2.05, 4.69) is 36.1 Å². The molecule has 3 saturated carbocycles. The van der Waals surface area contributed by atoms with Crippen molar-refractivity contribution in [1.82, 2.24) is 4.90 Å². The number of hydrogen-bond acceptors (Lipinski definition) is 2. The topological polar surface area (TPSA) is 46.3 Å². The molecule has 3 atom stereocenters. The van der Waals surface area contributed by atoms with Crippen molar-refractivity contribution in [2.45, 2.75) is 70.5 Å². The highest BCUT2D eigenvalue weighted by Gasteiger charge is 2.43. The van der Waals surface area contributed by atoms with Gasteiger partial charge in [-0.15, -0.1) is 0 Å². The van der Waals surface area contributed by atoms with E-state index in [1.165, 1.54) is 37.7 Å². The van der Waals surface area contributed by atoms with Gasteiger partial charge in [-0.2, -0.15) is 0 Å². The van der Waals surface area contributed by atoms with Crippen molar-refractivity contribution in [3.8, 4) is 0 Å². The van der Waals surface area contributed by atoms with E-state index in [1.807, 2.05) is 6.07 Å². The second-order valence-electron chi connectivity index (χ2n) is 8.73. The third kappa shape index (κ3) is 3.62. The van der Waals surface area contributed by atoms with Gasteiger partial charge < -0.3 is 10.6 Å². The molecule has 3 aliphatic rings. The summed E-state index contributed by atoms with van der Waals surface area (Å²) >= 11 is 0. The van der Waals surface area contributed by atoms with Crippen molar-refractivity contribution >= 4 is 5.91 Å². The third-order valence-electron chi connectivity index (χ3n) is 7.04. The number of carbonyl (C=O) groups excluding carboxylic acids is 1. The maximum absolute atomic E-state index is 13.5. The molecule has 0 aliphatic heterocycles. The second-order valence-corrected chi connectivity index (χ2v) is 8.73. The Hall–Kier alpha value is -1.35. The van der Waals surface area contributed by atoms with E-state index >= 15 is 0 Å². The SMILES string of the molecule is CC(C1CC1)N(Cc1ccccc1)C(=O)C1CC2CCCC(C1)C2N. The Morgan fingerprint density at radius 2 is 1.76 bits per heavy atom. The Morgan fingerprint density at radius 3 is 2.36 bits per heavy atom. The predicted molar refractivity (Wildman–Crippen MR) is 101 cm³/mol. The molecule has 0 spiro atoms. The van der Waals surface area contributed by atoms with Gasteiger partial charge in [0.05, 0.1) is 0 Å². The Balaban J connectivity index is 1.51. The number of nitrogens with zero attached hydrogens (tertiary/aromatic N) is 1. The summed E-state index contributed by atoms with van der Waals surface area (Å²) in [5.41, 5.74) is 7.69. The van der Waals surface area contributed by atoms with E-state index in [9.17, 15) is 4.79 Å². The number of amides is 1. The van der Waals surface area contributed by atoms with E-state index in [1.54, 1.807) is 0 Å². The van der Waals surface area contributed by atoms with Crippen molar-refractivity contribution in [3.05, 3.63) is 35.9 Å². The lowest BCUT2D eigenvalue weighted by molar-refractivity contribution is -0.142. The number of rotatable bonds is 5. The molecule has 0 saturated heterocycles. The van der Waals surface area contributed by atoms with Gasteiger partial charge in [0.15, 0.2) is 0 Å². The molecule has 0 radical (unpaired) electrons. The highest BCUT2D eigenvalue weighted by molar-refractivity contribution is 5.79. The van der Waals surface area contributed by atoms with Crippen LogP contribution >= 0.6 is 0 Å². The van der Waals surface area contributed by atoms with Crippen LogP contribution in [0.2, 0.25) is 0 Å². The van der Waals surface area contributed by atoms with Crippen molar-refractivity contribution in [2.75, 3.05) is 0 Å². The highest BCUT2D eigenvalue weighted by atomic mass is 16.2. The molecular formula is C22H32N2O. The predicted octanol–water partition coefficient (Wildman–Crippen LogP) is 3.97. The van der Waals surface area contributed by atoms with E-state index < -0.39 is 0 Å². The molecule has 3 heteroatoms. The monoisotopic (exact) mass is 340 g/mol. The summed E-state index contributed by atoms with van der Waals surface area (Å²) in [4.78, 5) is 15.7. The van der Waals surface area contributed by atoms with Crippen molar-refractivity contribution in [2.24, 2.45) is 29.4 Å². The van der Waals surface area contributed by atoms with Gasteiger partial charge >= 0.3 is 0 Å². The quantitative estimate of drug-likeness (QED) is 0.881. The largest absolute Gasteiger partial charge is 0.335 e. The van der Waals surface area contributed by atoms with Crippen LogP contribution in [0.3, 0.4) is 0 Å². The van der Waals surface area contributed by atoms with Gasteiger partial charge in [-0.05, 0) is 68.8 Å². The Labute approximate surface area is 152 Å². The maximum Gasteiger partial charge on any atom is 0.226 e. The molecular weight excluding hydrogens is 308 g/mol. The highest BCUT2D eigenvalue weighted by Crippen LogP contribution is 2.43. The van der Waals surface area contributed by atoms with Gasteiger partial charge in [0, 0.05) is 24.5 Å². The van der Waals surface area contributed by atoms with Gasteiger partial charge in [-0.1, -0.05) is 36.8 Å². The average molecular weight is 341 g/mol. The lowest BCUT2D eigenvalue weighted by Crippen LogP contribution is -2.51. The van der Waals surface area contributed by atoms with Crippen LogP contribution in [-0.4, -0.2) is 22.9 Å². The van der Waals surface area contributed by atoms with Crippen molar-refractivity contribution in [1.29, 1.82) is 0 Å². The van der Waals surface area contributed by atoms with Gasteiger partial charge in [0.2, 0.25) is 5.91 Å². The first-order valence-electron chi connectivity index (χ1n) is 10.2. The zero-order chi connectivity index (χ0) is 17.4. The summed E-state index contributed by atoms with van der Waals surface area (Å²) in [5, 5.41) is 0. The van der Waals surface area contributed by atoms with Crippen molar-refractivity contribution < 1.29 is 4.79 Å². The zero-order valence-corrected chi connectivity index (χ0v) is 15.4. The Morgan fingerprint density at radius 1 is 1.12 bits per heavy atom. The van der Waals surface area contributed by atoms with Crippen LogP contribution in [0.4, 0.5) is 0 Å². The molecule has 1 aromatic carbocycles. The molecule has 0 aromatic heterocycles. The summed E-state index contributed by atoms with van der Waals surface area (Å²) in [5.74, 6) is 2.43. The molecule has 4 rings (SSSR count). The fourth-order valence-electron chi connectivity index (χ4n) is 5.26. The summed E-state index contributed by atoms with van der Waals surface area (Å²) < 4.78 is 0. The normalized spacial score (nSPS) is 32.9. The molecule has 3 aliphatic carbocycles. The lowest BCUT2D eigenvalue weighted by atomic mass is 9.65. The zero-order valence-electron chi connectivity index (χ0n) is 15.4. The number of benzene rings is 1. The van der Waals surface area contributed by atoms with Crippen LogP contribution < -0.4 is 5.73 Å². The smallest absolute Gasteiger partial charge is 0.226 e. The summed E-state index contributed by atoms with van der Waals surface area (Å²) in [6.45, 7) is 3.02. The fraction of sp³-hybridized carbons (Fsp3) is 0.682. The minimum Gasteiger partial charge on any atom is -0.335 e. The maximum atomic E-state index is 13.5. The molecule has 1 aromatic rings. The summed E-state index contributed by atoms with van der Waals surface area (Å²) in [6.07, 6.45) is 8.33. The lowest BCUT2D eigenvalue weighted by Gasteiger charge is -2.45. The van der Waals surface area contributed by atoms with E-state index in [0.29, 0.717) is 35.7 Å². The molecule has 3 fully saturated rings.